The van der Waals surface area contributed by atoms with Crippen molar-refractivity contribution in [2.45, 2.75) is 44.7 Å². The number of benzene rings is 2. The Labute approximate surface area is 198 Å². The molecule has 4 rings (SSSR count). The van der Waals surface area contributed by atoms with Crippen LogP contribution in [-0.4, -0.2) is 65.9 Å². The van der Waals surface area contributed by atoms with E-state index in [9.17, 15) is 24.8 Å². The lowest BCUT2D eigenvalue weighted by Gasteiger charge is -2.42. The second kappa shape index (κ2) is 10.2. The highest BCUT2D eigenvalue weighted by molar-refractivity contribution is 5.49. The summed E-state index contributed by atoms with van der Waals surface area (Å²) in [6, 6.07) is 8.37. The molecule has 1 saturated heterocycles. The van der Waals surface area contributed by atoms with Gasteiger partial charge in [0.25, 0.3) is 0 Å². The molecule has 1 heterocycles. The summed E-state index contributed by atoms with van der Waals surface area (Å²) < 4.78 is 31.0. The number of phenols is 1. The van der Waals surface area contributed by atoms with Crippen molar-refractivity contribution in [2.24, 2.45) is 17.8 Å². The van der Waals surface area contributed by atoms with Crippen LogP contribution in [0.3, 0.4) is 0 Å². The molecule has 1 fully saturated rings. The second-order valence-electron chi connectivity index (χ2n) is 9.47. The standard InChI is InChI=1S/C26H33FO7/c1-13-6-18-16(8-21(13)29)7-17(10-28)19(11-33-26-25(31)14(2)22(30)12-34-26)24(18)15-4-5-20(27)23(9-15)32-3/h4-6,8-9,14,17,19,22,24-26,28-31H,7,10-12H2,1-3H3/t14-,17+,19+,22+,24?,25+,26+/m0/s1. The SMILES string of the molecule is COc1cc(C2c3cc(C)c(O)cc3C[C@H](CO)[C@H]2CO[C@@H]2OC[C@@H](O)[C@H](C)[C@H]2O)ccc1F. The van der Waals surface area contributed by atoms with Crippen molar-refractivity contribution in [2.75, 3.05) is 26.9 Å². The first-order chi connectivity index (χ1) is 16.2. The van der Waals surface area contributed by atoms with Gasteiger partial charge in [0.05, 0.1) is 26.4 Å². The maximum atomic E-state index is 14.2. The van der Waals surface area contributed by atoms with E-state index in [0.717, 1.165) is 16.7 Å². The molecule has 1 unspecified atom stereocenters. The molecule has 0 aromatic heterocycles. The molecule has 2 aromatic carbocycles. The number of hydrogen-bond donors (Lipinski definition) is 4. The van der Waals surface area contributed by atoms with Crippen LogP contribution in [-0.2, 0) is 15.9 Å². The third-order valence-electron chi connectivity index (χ3n) is 7.39. The number of aromatic hydroxyl groups is 1. The van der Waals surface area contributed by atoms with E-state index in [4.69, 9.17) is 14.2 Å². The van der Waals surface area contributed by atoms with E-state index in [-0.39, 0.29) is 49.1 Å². The third-order valence-corrected chi connectivity index (χ3v) is 7.39. The minimum atomic E-state index is -0.990. The number of phenolic OH excluding ortho intramolecular Hbond substituents is 1. The van der Waals surface area contributed by atoms with Crippen LogP contribution in [0.4, 0.5) is 4.39 Å². The van der Waals surface area contributed by atoms with E-state index in [2.05, 4.69) is 0 Å². The molecule has 0 spiro atoms. The summed E-state index contributed by atoms with van der Waals surface area (Å²) in [6.07, 6.45) is -2.12. The first kappa shape index (κ1) is 24.9. The molecule has 2 aromatic rings. The zero-order chi connectivity index (χ0) is 24.6. The van der Waals surface area contributed by atoms with Crippen molar-refractivity contribution in [1.29, 1.82) is 0 Å². The monoisotopic (exact) mass is 476 g/mol. The van der Waals surface area contributed by atoms with E-state index >= 15 is 0 Å². The summed E-state index contributed by atoms with van der Waals surface area (Å²) in [5.74, 6) is -1.28. The Balaban J connectivity index is 1.72. The Morgan fingerprint density at radius 3 is 2.65 bits per heavy atom. The van der Waals surface area contributed by atoms with Crippen LogP contribution in [0.2, 0.25) is 0 Å². The van der Waals surface area contributed by atoms with Crippen LogP contribution in [0.5, 0.6) is 11.5 Å². The summed E-state index contributed by atoms with van der Waals surface area (Å²) in [7, 11) is 1.41. The Morgan fingerprint density at radius 1 is 1.18 bits per heavy atom. The molecule has 7 atom stereocenters. The Morgan fingerprint density at radius 2 is 1.94 bits per heavy atom. The molecule has 1 aliphatic heterocycles. The van der Waals surface area contributed by atoms with Gasteiger partial charge in [-0.15, -0.1) is 0 Å². The molecular weight excluding hydrogens is 443 g/mol. The highest BCUT2D eigenvalue weighted by Gasteiger charge is 2.41. The molecule has 1 aliphatic carbocycles. The Bertz CT molecular complexity index is 1010. The summed E-state index contributed by atoms with van der Waals surface area (Å²) in [4.78, 5) is 0. The zero-order valence-corrected chi connectivity index (χ0v) is 19.6. The Hall–Kier alpha value is -2.23. The van der Waals surface area contributed by atoms with Gasteiger partial charge in [-0.05, 0) is 65.6 Å². The topological polar surface area (TPSA) is 109 Å². The lowest BCUT2D eigenvalue weighted by molar-refractivity contribution is -0.259. The first-order valence-electron chi connectivity index (χ1n) is 11.6. The van der Waals surface area contributed by atoms with Gasteiger partial charge in [0.1, 0.15) is 11.9 Å². The molecule has 0 amide bonds. The van der Waals surface area contributed by atoms with Gasteiger partial charge in [0.15, 0.2) is 17.9 Å². The molecular formula is C26H33FO7. The van der Waals surface area contributed by atoms with Gasteiger partial charge < -0.3 is 34.6 Å². The quantitative estimate of drug-likeness (QED) is 0.507. The predicted octanol–water partition coefficient (Wildman–Crippen LogP) is 2.49. The van der Waals surface area contributed by atoms with E-state index < -0.39 is 30.2 Å². The van der Waals surface area contributed by atoms with Crippen molar-refractivity contribution in [3.05, 3.63) is 58.4 Å². The van der Waals surface area contributed by atoms with E-state index in [1.807, 2.05) is 13.0 Å². The van der Waals surface area contributed by atoms with Gasteiger partial charge in [0.2, 0.25) is 0 Å². The van der Waals surface area contributed by atoms with Crippen molar-refractivity contribution in [3.8, 4) is 11.5 Å². The average Bonchev–Trinajstić information content (AvgIpc) is 2.83. The molecule has 2 aliphatic rings. The highest BCUT2D eigenvalue weighted by atomic mass is 19.1. The van der Waals surface area contributed by atoms with Crippen molar-refractivity contribution in [1.82, 2.24) is 0 Å². The second-order valence-corrected chi connectivity index (χ2v) is 9.47. The van der Waals surface area contributed by atoms with Crippen LogP contribution in [0.15, 0.2) is 30.3 Å². The minimum absolute atomic E-state index is 0.0664. The summed E-state index contributed by atoms with van der Waals surface area (Å²) in [6.45, 7) is 3.68. The van der Waals surface area contributed by atoms with Crippen LogP contribution in [0, 0.1) is 30.5 Å². The van der Waals surface area contributed by atoms with E-state index in [1.165, 1.54) is 13.2 Å². The normalized spacial score (nSPS) is 31.2. The summed E-state index contributed by atoms with van der Waals surface area (Å²) in [5.41, 5.74) is 3.40. The summed E-state index contributed by atoms with van der Waals surface area (Å²) >= 11 is 0. The fourth-order valence-corrected chi connectivity index (χ4v) is 5.17. The highest BCUT2D eigenvalue weighted by Crippen LogP contribution is 2.46. The molecule has 4 N–H and O–H groups in total. The van der Waals surface area contributed by atoms with Crippen molar-refractivity contribution >= 4 is 0 Å². The maximum absolute atomic E-state index is 14.2. The van der Waals surface area contributed by atoms with Crippen LogP contribution in [0.25, 0.3) is 0 Å². The number of halogens is 1. The lowest BCUT2D eigenvalue weighted by atomic mass is 9.66. The number of ether oxygens (including phenoxy) is 3. The number of hydrogen-bond acceptors (Lipinski definition) is 7. The molecule has 186 valence electrons. The fourth-order valence-electron chi connectivity index (χ4n) is 5.17. The largest absolute Gasteiger partial charge is 0.508 e. The lowest BCUT2D eigenvalue weighted by Crippen LogP contribution is -2.50. The molecule has 7 nitrogen and oxygen atoms in total. The van der Waals surface area contributed by atoms with Crippen molar-refractivity contribution < 1.29 is 39.0 Å². The number of aryl methyl sites for hydroxylation is 1. The molecule has 0 bridgehead atoms. The average molecular weight is 477 g/mol. The predicted molar refractivity (Wildman–Crippen MR) is 122 cm³/mol. The number of rotatable bonds is 6. The van der Waals surface area contributed by atoms with Crippen LogP contribution < -0.4 is 4.74 Å². The van der Waals surface area contributed by atoms with Gasteiger partial charge in [0, 0.05) is 18.4 Å². The van der Waals surface area contributed by atoms with E-state index in [1.54, 1.807) is 25.1 Å². The first-order valence-corrected chi connectivity index (χ1v) is 11.6. The Kier molecular flexibility index (Phi) is 7.45. The number of methoxy groups -OCH3 is 1. The number of fused-ring (bicyclic) bond motifs is 1. The van der Waals surface area contributed by atoms with Gasteiger partial charge in [-0.1, -0.05) is 19.1 Å². The van der Waals surface area contributed by atoms with Crippen LogP contribution >= 0.6 is 0 Å². The summed E-state index contributed by atoms with van der Waals surface area (Å²) in [5, 5.41) is 41.0. The minimum Gasteiger partial charge on any atom is -0.508 e. The van der Waals surface area contributed by atoms with Gasteiger partial charge in [-0.2, -0.15) is 0 Å². The maximum Gasteiger partial charge on any atom is 0.183 e. The molecule has 0 radical (unpaired) electrons. The number of aliphatic hydroxyl groups is 3. The smallest absolute Gasteiger partial charge is 0.183 e. The van der Waals surface area contributed by atoms with Gasteiger partial charge >= 0.3 is 0 Å². The van der Waals surface area contributed by atoms with Crippen molar-refractivity contribution in [3.63, 3.8) is 0 Å². The van der Waals surface area contributed by atoms with Gasteiger partial charge in [-0.3, -0.25) is 0 Å². The molecule has 8 heteroatoms. The molecule has 0 saturated carbocycles. The number of aliphatic hydroxyl groups excluding tert-OH is 3. The van der Waals surface area contributed by atoms with Gasteiger partial charge in [-0.25, -0.2) is 4.39 Å². The third kappa shape index (κ3) is 4.65. The zero-order valence-electron chi connectivity index (χ0n) is 19.6. The molecule has 34 heavy (non-hydrogen) atoms. The van der Waals surface area contributed by atoms with Crippen LogP contribution in [0.1, 0.15) is 35.1 Å². The fraction of sp³-hybridized carbons (Fsp3) is 0.538. The van der Waals surface area contributed by atoms with E-state index in [0.29, 0.717) is 12.0 Å².